The highest BCUT2D eigenvalue weighted by molar-refractivity contribution is 5.28. The lowest BCUT2D eigenvalue weighted by Gasteiger charge is -2.26. The fraction of sp³-hybridized carbons (Fsp3) is 0.400. The van der Waals surface area contributed by atoms with E-state index in [2.05, 4.69) is 12.1 Å². The van der Waals surface area contributed by atoms with Gasteiger partial charge in [0, 0.05) is 6.42 Å². The third-order valence-electron chi connectivity index (χ3n) is 2.19. The molecule has 64 valence electrons. The van der Waals surface area contributed by atoms with Crippen molar-refractivity contribution in [3.05, 3.63) is 29.8 Å². The van der Waals surface area contributed by atoms with Gasteiger partial charge in [-0.25, -0.2) is 0 Å². The molecule has 1 heterocycles. The molecule has 0 unspecified atom stereocenters. The van der Waals surface area contributed by atoms with Crippen LogP contribution in [0.3, 0.4) is 0 Å². The molecule has 2 rings (SSSR count). The second-order valence-electron chi connectivity index (χ2n) is 2.92. The molecule has 0 amide bonds. The van der Waals surface area contributed by atoms with E-state index in [-0.39, 0.29) is 0 Å². The molecular formula is C10H12O2. The van der Waals surface area contributed by atoms with E-state index in [1.807, 2.05) is 12.1 Å². The van der Waals surface area contributed by atoms with E-state index in [9.17, 15) is 0 Å². The quantitative estimate of drug-likeness (QED) is 0.666. The molecule has 1 saturated heterocycles. The summed E-state index contributed by atoms with van der Waals surface area (Å²) in [6, 6.07) is 8.05. The zero-order valence-corrected chi connectivity index (χ0v) is 7.12. The Bertz CT molecular complexity index is 249. The summed E-state index contributed by atoms with van der Waals surface area (Å²) in [4.78, 5) is 0. The minimum absolute atomic E-state index is 0.330. The van der Waals surface area contributed by atoms with Gasteiger partial charge in [0.15, 0.2) is 0 Å². The van der Waals surface area contributed by atoms with E-state index >= 15 is 0 Å². The summed E-state index contributed by atoms with van der Waals surface area (Å²) in [7, 11) is 1.68. The molecule has 1 aromatic rings. The summed E-state index contributed by atoms with van der Waals surface area (Å²) in [6.45, 7) is 0.899. The van der Waals surface area contributed by atoms with Crippen molar-refractivity contribution < 1.29 is 9.47 Å². The minimum Gasteiger partial charge on any atom is -0.497 e. The van der Waals surface area contributed by atoms with Crippen LogP contribution < -0.4 is 4.74 Å². The molecule has 0 bridgehead atoms. The number of methoxy groups -OCH3 is 1. The molecular weight excluding hydrogens is 152 g/mol. The maximum absolute atomic E-state index is 5.35. The monoisotopic (exact) mass is 164 g/mol. The number of rotatable bonds is 2. The summed E-state index contributed by atoms with van der Waals surface area (Å²) in [5.41, 5.74) is 1.25. The van der Waals surface area contributed by atoms with Crippen molar-refractivity contribution in [2.45, 2.75) is 12.5 Å². The molecule has 12 heavy (non-hydrogen) atoms. The van der Waals surface area contributed by atoms with Crippen LogP contribution in [0.5, 0.6) is 5.75 Å². The summed E-state index contributed by atoms with van der Waals surface area (Å²) in [5.74, 6) is 0.901. The molecule has 2 heteroatoms. The highest BCUT2D eigenvalue weighted by atomic mass is 16.5. The van der Waals surface area contributed by atoms with Gasteiger partial charge >= 0.3 is 0 Å². The van der Waals surface area contributed by atoms with Crippen molar-refractivity contribution in [3.63, 3.8) is 0 Å². The second-order valence-corrected chi connectivity index (χ2v) is 2.92. The highest BCUT2D eigenvalue weighted by Crippen LogP contribution is 2.29. The van der Waals surface area contributed by atoms with Gasteiger partial charge in [0.2, 0.25) is 0 Å². The molecule has 1 aliphatic heterocycles. The van der Waals surface area contributed by atoms with Crippen LogP contribution in [-0.2, 0) is 4.74 Å². The van der Waals surface area contributed by atoms with Crippen molar-refractivity contribution in [3.8, 4) is 5.75 Å². The first-order valence-corrected chi connectivity index (χ1v) is 4.16. The summed E-state index contributed by atoms with van der Waals surface area (Å²) < 4.78 is 10.4. The van der Waals surface area contributed by atoms with Gasteiger partial charge in [0.1, 0.15) is 5.75 Å². The number of benzene rings is 1. The first-order chi connectivity index (χ1) is 5.90. The molecule has 0 saturated carbocycles. The van der Waals surface area contributed by atoms with Gasteiger partial charge in [-0.3, -0.25) is 0 Å². The molecule has 1 aliphatic rings. The van der Waals surface area contributed by atoms with Crippen LogP contribution in [0.2, 0.25) is 0 Å². The molecule has 1 aromatic carbocycles. The molecule has 0 aliphatic carbocycles. The van der Waals surface area contributed by atoms with Crippen LogP contribution in [0.25, 0.3) is 0 Å². The lowest BCUT2D eigenvalue weighted by Crippen LogP contribution is -2.17. The normalized spacial score (nSPS) is 21.6. The van der Waals surface area contributed by atoms with E-state index in [1.54, 1.807) is 7.11 Å². The minimum atomic E-state index is 0.330. The number of hydrogen-bond acceptors (Lipinski definition) is 2. The fourth-order valence-electron chi connectivity index (χ4n) is 1.32. The van der Waals surface area contributed by atoms with Crippen LogP contribution >= 0.6 is 0 Å². The number of ether oxygens (including phenoxy) is 2. The Hall–Kier alpha value is -1.02. The topological polar surface area (TPSA) is 18.5 Å². The Morgan fingerprint density at radius 2 is 2.00 bits per heavy atom. The Labute approximate surface area is 72.1 Å². The highest BCUT2D eigenvalue weighted by Gasteiger charge is 2.19. The van der Waals surface area contributed by atoms with Crippen molar-refractivity contribution in [2.75, 3.05) is 13.7 Å². The Morgan fingerprint density at radius 1 is 1.33 bits per heavy atom. The molecule has 2 nitrogen and oxygen atoms in total. The first kappa shape index (κ1) is 7.62. The maximum atomic E-state index is 5.35. The summed E-state index contributed by atoms with van der Waals surface area (Å²) in [5, 5.41) is 0. The van der Waals surface area contributed by atoms with Gasteiger partial charge in [-0.2, -0.15) is 0 Å². The zero-order valence-electron chi connectivity index (χ0n) is 7.12. The predicted molar refractivity (Wildman–Crippen MR) is 46.3 cm³/mol. The number of hydrogen-bond donors (Lipinski definition) is 0. The molecule has 0 spiro atoms. The lowest BCUT2D eigenvalue weighted by atomic mass is 10.0. The smallest absolute Gasteiger partial charge is 0.118 e. The Morgan fingerprint density at radius 3 is 2.42 bits per heavy atom. The molecule has 1 fully saturated rings. The van der Waals surface area contributed by atoms with Gasteiger partial charge in [0.25, 0.3) is 0 Å². The van der Waals surface area contributed by atoms with Gasteiger partial charge < -0.3 is 9.47 Å². The average Bonchev–Trinajstić information content (AvgIpc) is 2.03. The third kappa shape index (κ3) is 1.30. The van der Waals surface area contributed by atoms with Gasteiger partial charge in [-0.1, -0.05) is 12.1 Å². The van der Waals surface area contributed by atoms with Crippen molar-refractivity contribution in [1.82, 2.24) is 0 Å². The third-order valence-corrected chi connectivity index (χ3v) is 2.19. The van der Waals surface area contributed by atoms with Crippen molar-refractivity contribution in [2.24, 2.45) is 0 Å². The van der Waals surface area contributed by atoms with Crippen molar-refractivity contribution in [1.29, 1.82) is 0 Å². The average molecular weight is 164 g/mol. The van der Waals surface area contributed by atoms with E-state index in [0.717, 1.165) is 18.8 Å². The van der Waals surface area contributed by atoms with Gasteiger partial charge in [-0.15, -0.1) is 0 Å². The van der Waals surface area contributed by atoms with E-state index in [4.69, 9.17) is 9.47 Å². The van der Waals surface area contributed by atoms with Crippen LogP contribution in [0.1, 0.15) is 18.1 Å². The Kier molecular flexibility index (Phi) is 2.00. The van der Waals surface area contributed by atoms with Crippen LogP contribution in [0.15, 0.2) is 24.3 Å². The van der Waals surface area contributed by atoms with Crippen LogP contribution in [0, 0.1) is 0 Å². The first-order valence-electron chi connectivity index (χ1n) is 4.16. The van der Waals surface area contributed by atoms with Crippen LogP contribution in [-0.4, -0.2) is 13.7 Å². The molecule has 0 radical (unpaired) electrons. The van der Waals surface area contributed by atoms with E-state index in [0.29, 0.717) is 6.10 Å². The Balaban J connectivity index is 2.13. The lowest BCUT2D eigenvalue weighted by molar-refractivity contribution is -0.0527. The molecule has 0 aromatic heterocycles. The predicted octanol–water partition coefficient (Wildman–Crippen LogP) is 2.16. The van der Waals surface area contributed by atoms with E-state index < -0.39 is 0 Å². The van der Waals surface area contributed by atoms with E-state index in [1.165, 1.54) is 5.56 Å². The fourth-order valence-corrected chi connectivity index (χ4v) is 1.32. The molecule has 0 N–H and O–H groups in total. The van der Waals surface area contributed by atoms with Crippen molar-refractivity contribution >= 4 is 0 Å². The zero-order chi connectivity index (χ0) is 8.39. The largest absolute Gasteiger partial charge is 0.497 e. The molecule has 1 atom stereocenters. The van der Waals surface area contributed by atoms with Gasteiger partial charge in [0.05, 0.1) is 19.8 Å². The van der Waals surface area contributed by atoms with Gasteiger partial charge in [-0.05, 0) is 17.7 Å². The SMILES string of the molecule is COc1ccc([C@@H]2CCO2)cc1. The standard InChI is InChI=1S/C10H12O2/c1-11-9-4-2-8(3-5-9)10-6-7-12-10/h2-5,10H,6-7H2,1H3/t10-/m0/s1. The summed E-state index contributed by atoms with van der Waals surface area (Å²) in [6.07, 6.45) is 1.47. The summed E-state index contributed by atoms with van der Waals surface area (Å²) >= 11 is 0. The maximum Gasteiger partial charge on any atom is 0.118 e. The van der Waals surface area contributed by atoms with Crippen LogP contribution in [0.4, 0.5) is 0 Å². The second kappa shape index (κ2) is 3.15.